The first-order valence-electron chi connectivity index (χ1n) is 3.78. The van der Waals surface area contributed by atoms with Crippen LogP contribution in [0.4, 0.5) is 0 Å². The van der Waals surface area contributed by atoms with Crippen molar-refractivity contribution in [2.75, 3.05) is 0 Å². The van der Waals surface area contributed by atoms with Gasteiger partial charge in [-0.15, -0.1) is 0 Å². The van der Waals surface area contributed by atoms with Crippen molar-refractivity contribution >= 4 is 18.1 Å². The van der Waals surface area contributed by atoms with Gasteiger partial charge in [-0.2, -0.15) is 0 Å². The van der Waals surface area contributed by atoms with Gasteiger partial charge < -0.3 is 9.90 Å². The van der Waals surface area contributed by atoms with E-state index in [9.17, 15) is 9.90 Å². The molecule has 0 amide bonds. The molecule has 0 fully saturated rings. The SMILES string of the molecule is C=Cc1cc(C=C)cc(C(=O)[O-])c1. The van der Waals surface area contributed by atoms with Gasteiger partial charge >= 0.3 is 0 Å². The largest absolute Gasteiger partial charge is 0.545 e. The molecule has 0 saturated carbocycles. The molecule has 13 heavy (non-hydrogen) atoms. The van der Waals surface area contributed by atoms with Gasteiger partial charge in [-0.05, 0) is 34.9 Å². The van der Waals surface area contributed by atoms with Crippen LogP contribution in [0.25, 0.3) is 12.2 Å². The Morgan fingerprint density at radius 2 is 1.62 bits per heavy atom. The molecule has 0 saturated heterocycles. The standard InChI is InChI=1S/C11H10O2/c1-3-8-5-9(4-2)7-10(6-8)11(12)13/h3-7H,1-2H2,(H,12,13)/p-1. The summed E-state index contributed by atoms with van der Waals surface area (Å²) in [6.45, 7) is 7.12. The Kier molecular flexibility index (Phi) is 2.65. The Labute approximate surface area is 76.8 Å². The molecule has 1 aromatic rings. The summed E-state index contributed by atoms with van der Waals surface area (Å²) in [5, 5.41) is 10.6. The molecule has 0 aliphatic carbocycles. The molecule has 1 rings (SSSR count). The molecular formula is C11H9O2-. The lowest BCUT2D eigenvalue weighted by Crippen LogP contribution is -2.22. The van der Waals surface area contributed by atoms with E-state index < -0.39 is 5.97 Å². The summed E-state index contributed by atoms with van der Waals surface area (Å²) in [6, 6.07) is 4.82. The first-order valence-corrected chi connectivity index (χ1v) is 3.78. The number of aromatic carboxylic acids is 1. The monoisotopic (exact) mass is 173 g/mol. The fourth-order valence-corrected chi connectivity index (χ4v) is 1.03. The van der Waals surface area contributed by atoms with Crippen LogP contribution < -0.4 is 5.11 Å². The van der Waals surface area contributed by atoms with E-state index in [1.807, 2.05) is 0 Å². The summed E-state index contributed by atoms with van der Waals surface area (Å²) >= 11 is 0. The van der Waals surface area contributed by atoms with Crippen molar-refractivity contribution in [3.8, 4) is 0 Å². The molecule has 0 radical (unpaired) electrons. The van der Waals surface area contributed by atoms with Crippen LogP contribution in [0.2, 0.25) is 0 Å². The van der Waals surface area contributed by atoms with Gasteiger partial charge in [0.25, 0.3) is 0 Å². The number of benzene rings is 1. The number of hydrogen-bond donors (Lipinski definition) is 0. The molecular weight excluding hydrogens is 164 g/mol. The van der Waals surface area contributed by atoms with Crippen LogP contribution in [0, 0.1) is 0 Å². The number of carboxylic acids is 1. The lowest BCUT2D eigenvalue weighted by atomic mass is 10.1. The zero-order valence-corrected chi connectivity index (χ0v) is 7.12. The maximum absolute atomic E-state index is 10.6. The Morgan fingerprint density at radius 3 is 1.92 bits per heavy atom. The number of carbonyl (C=O) groups excluding carboxylic acids is 1. The molecule has 66 valence electrons. The molecule has 0 bridgehead atoms. The minimum absolute atomic E-state index is 0.146. The van der Waals surface area contributed by atoms with Gasteiger partial charge in [-0.3, -0.25) is 0 Å². The Balaban J connectivity index is 3.30. The topological polar surface area (TPSA) is 40.1 Å². The second-order valence-electron chi connectivity index (χ2n) is 2.58. The van der Waals surface area contributed by atoms with E-state index in [0.717, 1.165) is 11.1 Å². The second kappa shape index (κ2) is 3.72. The quantitative estimate of drug-likeness (QED) is 0.691. The molecule has 2 nitrogen and oxygen atoms in total. The Hall–Kier alpha value is -1.83. The van der Waals surface area contributed by atoms with E-state index in [1.54, 1.807) is 18.2 Å². The van der Waals surface area contributed by atoms with Gasteiger partial charge in [0.15, 0.2) is 0 Å². The fraction of sp³-hybridized carbons (Fsp3) is 0. The number of rotatable bonds is 3. The molecule has 0 atom stereocenters. The Bertz CT molecular complexity index is 338. The van der Waals surface area contributed by atoms with Crippen molar-refractivity contribution < 1.29 is 9.90 Å². The minimum atomic E-state index is -1.19. The van der Waals surface area contributed by atoms with Crippen LogP contribution in [-0.2, 0) is 0 Å². The van der Waals surface area contributed by atoms with E-state index in [0.29, 0.717) is 0 Å². The predicted octanol–water partition coefficient (Wildman–Crippen LogP) is 1.34. The summed E-state index contributed by atoms with van der Waals surface area (Å²) in [5.41, 5.74) is 1.64. The van der Waals surface area contributed by atoms with E-state index in [1.165, 1.54) is 12.1 Å². The number of carbonyl (C=O) groups is 1. The molecule has 1 aromatic carbocycles. The van der Waals surface area contributed by atoms with Gasteiger partial charge in [-0.25, -0.2) is 0 Å². The van der Waals surface area contributed by atoms with Crippen molar-refractivity contribution in [1.82, 2.24) is 0 Å². The van der Waals surface area contributed by atoms with Gasteiger partial charge in [0, 0.05) is 0 Å². The summed E-state index contributed by atoms with van der Waals surface area (Å²) in [6.07, 6.45) is 3.17. The Morgan fingerprint density at radius 1 is 1.15 bits per heavy atom. The molecule has 0 aromatic heterocycles. The van der Waals surface area contributed by atoms with E-state index in [2.05, 4.69) is 13.2 Å². The molecule has 2 heteroatoms. The van der Waals surface area contributed by atoms with E-state index >= 15 is 0 Å². The molecule has 0 aliphatic rings. The van der Waals surface area contributed by atoms with Crippen LogP contribution in [0.3, 0.4) is 0 Å². The van der Waals surface area contributed by atoms with Crippen molar-refractivity contribution in [3.63, 3.8) is 0 Å². The molecule has 0 heterocycles. The maximum atomic E-state index is 10.6. The normalized spacial score (nSPS) is 9.23. The smallest absolute Gasteiger partial charge is 0.0715 e. The average Bonchev–Trinajstić information content (AvgIpc) is 2.16. The highest BCUT2D eigenvalue weighted by Gasteiger charge is 1.97. The maximum Gasteiger partial charge on any atom is 0.0715 e. The van der Waals surface area contributed by atoms with Crippen molar-refractivity contribution in [2.24, 2.45) is 0 Å². The van der Waals surface area contributed by atoms with Crippen molar-refractivity contribution in [1.29, 1.82) is 0 Å². The third-order valence-electron chi connectivity index (χ3n) is 1.68. The minimum Gasteiger partial charge on any atom is -0.545 e. The van der Waals surface area contributed by atoms with Gasteiger partial charge in [0.05, 0.1) is 5.97 Å². The van der Waals surface area contributed by atoms with Crippen LogP contribution >= 0.6 is 0 Å². The molecule has 0 unspecified atom stereocenters. The van der Waals surface area contributed by atoms with Crippen molar-refractivity contribution in [3.05, 3.63) is 48.0 Å². The third kappa shape index (κ3) is 2.06. The highest BCUT2D eigenvalue weighted by molar-refractivity contribution is 5.87. The lowest BCUT2D eigenvalue weighted by Gasteiger charge is -2.05. The predicted molar refractivity (Wildman–Crippen MR) is 51.0 cm³/mol. The van der Waals surface area contributed by atoms with Gasteiger partial charge in [0.1, 0.15) is 0 Å². The van der Waals surface area contributed by atoms with Crippen LogP contribution in [0.15, 0.2) is 31.4 Å². The fourth-order valence-electron chi connectivity index (χ4n) is 1.03. The highest BCUT2D eigenvalue weighted by Crippen LogP contribution is 2.11. The second-order valence-corrected chi connectivity index (χ2v) is 2.58. The van der Waals surface area contributed by atoms with Gasteiger partial charge in [-0.1, -0.05) is 25.3 Å². The molecule has 0 spiro atoms. The summed E-state index contributed by atoms with van der Waals surface area (Å²) in [5.74, 6) is -1.19. The number of carboxylic acid groups (broad SMARTS) is 1. The molecule has 0 aliphatic heterocycles. The zero-order valence-electron chi connectivity index (χ0n) is 7.12. The summed E-state index contributed by atoms with van der Waals surface area (Å²) in [4.78, 5) is 10.6. The first kappa shape index (κ1) is 9.26. The third-order valence-corrected chi connectivity index (χ3v) is 1.68. The lowest BCUT2D eigenvalue weighted by molar-refractivity contribution is -0.255. The number of hydrogen-bond acceptors (Lipinski definition) is 2. The van der Waals surface area contributed by atoms with Crippen molar-refractivity contribution in [2.45, 2.75) is 0 Å². The van der Waals surface area contributed by atoms with E-state index in [4.69, 9.17) is 0 Å². The average molecular weight is 173 g/mol. The zero-order chi connectivity index (χ0) is 9.84. The summed E-state index contributed by atoms with van der Waals surface area (Å²) in [7, 11) is 0. The van der Waals surface area contributed by atoms with Crippen LogP contribution in [0.5, 0.6) is 0 Å². The van der Waals surface area contributed by atoms with E-state index in [-0.39, 0.29) is 5.56 Å². The van der Waals surface area contributed by atoms with Gasteiger partial charge in [0.2, 0.25) is 0 Å². The highest BCUT2D eigenvalue weighted by atomic mass is 16.4. The van der Waals surface area contributed by atoms with Crippen LogP contribution in [0.1, 0.15) is 21.5 Å². The molecule has 0 N–H and O–H groups in total. The summed E-state index contributed by atoms with van der Waals surface area (Å²) < 4.78 is 0. The van der Waals surface area contributed by atoms with Crippen LogP contribution in [-0.4, -0.2) is 5.97 Å². The first-order chi connectivity index (χ1) is 6.17.